The number of ether oxygens (including phenoxy) is 1. The molecule has 0 amide bonds. The van der Waals surface area contributed by atoms with Crippen LogP contribution in [-0.2, 0) is 6.42 Å². The third kappa shape index (κ3) is 3.44. The van der Waals surface area contributed by atoms with Crippen LogP contribution in [0.4, 0.5) is 0 Å². The fourth-order valence-electron chi connectivity index (χ4n) is 3.25. The van der Waals surface area contributed by atoms with E-state index in [0.717, 1.165) is 29.0 Å². The predicted molar refractivity (Wildman–Crippen MR) is 87.1 cm³/mol. The fourth-order valence-corrected chi connectivity index (χ4v) is 4.27. The normalized spacial score (nSPS) is 29.0. The molecule has 2 nitrogen and oxygen atoms in total. The first-order chi connectivity index (χ1) is 9.74. The van der Waals surface area contributed by atoms with Crippen molar-refractivity contribution in [3.05, 3.63) is 28.8 Å². The molecule has 1 N–H and O–H groups in total. The highest BCUT2D eigenvalue weighted by atomic mass is 35.5. The first-order valence-corrected chi connectivity index (χ1v) is 9.12. The summed E-state index contributed by atoms with van der Waals surface area (Å²) in [6.45, 7) is 0.943. The molecule has 1 aliphatic heterocycles. The Hall–Kier alpha value is -0.380. The summed E-state index contributed by atoms with van der Waals surface area (Å²) in [6, 6.07) is 6.58. The summed E-state index contributed by atoms with van der Waals surface area (Å²) < 4.78 is 5.98. The summed E-state index contributed by atoms with van der Waals surface area (Å²) >= 11 is 8.04. The molecule has 3 atom stereocenters. The van der Waals surface area contributed by atoms with Gasteiger partial charge in [0.05, 0.1) is 0 Å². The quantitative estimate of drug-likeness (QED) is 0.911. The summed E-state index contributed by atoms with van der Waals surface area (Å²) in [5.74, 6) is 1.01. The van der Waals surface area contributed by atoms with Crippen molar-refractivity contribution in [2.24, 2.45) is 0 Å². The Morgan fingerprint density at radius 2 is 2.30 bits per heavy atom. The van der Waals surface area contributed by atoms with Crippen LogP contribution in [0.25, 0.3) is 0 Å². The van der Waals surface area contributed by atoms with Crippen molar-refractivity contribution in [1.29, 1.82) is 0 Å². The van der Waals surface area contributed by atoms with Crippen molar-refractivity contribution in [3.63, 3.8) is 0 Å². The number of rotatable bonds is 4. The Bertz CT molecular complexity index is 468. The molecule has 1 heterocycles. The lowest BCUT2D eigenvalue weighted by atomic mass is 9.95. The van der Waals surface area contributed by atoms with Gasteiger partial charge in [0, 0.05) is 29.3 Å². The van der Waals surface area contributed by atoms with E-state index in [2.05, 4.69) is 11.6 Å². The van der Waals surface area contributed by atoms with Gasteiger partial charge in [0.1, 0.15) is 11.9 Å². The van der Waals surface area contributed by atoms with E-state index in [-0.39, 0.29) is 6.10 Å². The van der Waals surface area contributed by atoms with Crippen LogP contribution in [-0.4, -0.2) is 30.2 Å². The van der Waals surface area contributed by atoms with Crippen molar-refractivity contribution >= 4 is 23.4 Å². The second-order valence-electron chi connectivity index (χ2n) is 5.83. The lowest BCUT2D eigenvalue weighted by Gasteiger charge is -2.29. The van der Waals surface area contributed by atoms with E-state index in [0.29, 0.717) is 6.04 Å². The monoisotopic (exact) mass is 311 g/mol. The maximum atomic E-state index is 6.03. The topological polar surface area (TPSA) is 21.3 Å². The Labute approximate surface area is 130 Å². The highest BCUT2D eigenvalue weighted by Gasteiger charge is 2.25. The molecule has 1 fully saturated rings. The average Bonchev–Trinajstić information content (AvgIpc) is 2.87. The highest BCUT2D eigenvalue weighted by molar-refractivity contribution is 7.99. The minimum atomic E-state index is 0.262. The van der Waals surface area contributed by atoms with E-state index >= 15 is 0 Å². The molecule has 110 valence electrons. The van der Waals surface area contributed by atoms with Gasteiger partial charge in [-0.2, -0.15) is 11.8 Å². The standard InChI is InChI=1S/C16H22ClNOS/c1-20-15-4-2-3-13(9-15)18-10-14-8-11-7-12(17)5-6-16(11)19-14/h5-7,13-15,18H,2-4,8-10H2,1H3. The molecule has 1 aromatic carbocycles. The number of benzene rings is 1. The second kappa shape index (κ2) is 6.59. The van der Waals surface area contributed by atoms with Gasteiger partial charge in [-0.15, -0.1) is 0 Å². The molecule has 2 aliphatic rings. The Morgan fingerprint density at radius 3 is 3.15 bits per heavy atom. The van der Waals surface area contributed by atoms with Crippen molar-refractivity contribution in [1.82, 2.24) is 5.32 Å². The maximum absolute atomic E-state index is 6.03. The molecule has 3 unspecified atom stereocenters. The average molecular weight is 312 g/mol. The molecule has 0 bridgehead atoms. The van der Waals surface area contributed by atoms with Crippen molar-refractivity contribution in [3.8, 4) is 5.75 Å². The van der Waals surface area contributed by atoms with E-state index in [9.17, 15) is 0 Å². The van der Waals surface area contributed by atoms with Crippen molar-refractivity contribution in [2.75, 3.05) is 12.8 Å². The number of hydrogen-bond donors (Lipinski definition) is 1. The van der Waals surface area contributed by atoms with Gasteiger partial charge in [0.2, 0.25) is 0 Å². The summed E-state index contributed by atoms with van der Waals surface area (Å²) in [5, 5.41) is 5.34. The van der Waals surface area contributed by atoms with Gasteiger partial charge in [-0.3, -0.25) is 0 Å². The molecule has 0 saturated heterocycles. The molecule has 1 aliphatic carbocycles. The lowest BCUT2D eigenvalue weighted by Crippen LogP contribution is -2.40. The maximum Gasteiger partial charge on any atom is 0.123 e. The van der Waals surface area contributed by atoms with E-state index in [1.807, 2.05) is 30.0 Å². The number of fused-ring (bicyclic) bond motifs is 1. The van der Waals surface area contributed by atoms with E-state index in [1.54, 1.807) is 0 Å². The zero-order chi connectivity index (χ0) is 13.9. The van der Waals surface area contributed by atoms with Gasteiger partial charge in [-0.25, -0.2) is 0 Å². The summed E-state index contributed by atoms with van der Waals surface area (Å²) in [7, 11) is 0. The van der Waals surface area contributed by atoms with Crippen molar-refractivity contribution < 1.29 is 4.74 Å². The fraction of sp³-hybridized carbons (Fsp3) is 0.625. The summed E-state index contributed by atoms with van der Waals surface area (Å²) in [5.41, 5.74) is 1.25. The third-order valence-electron chi connectivity index (χ3n) is 4.36. The van der Waals surface area contributed by atoms with Gasteiger partial charge in [-0.05, 0) is 49.3 Å². The SMILES string of the molecule is CSC1CCCC(NCC2Cc3cc(Cl)ccc3O2)C1. The Balaban J connectivity index is 1.49. The largest absolute Gasteiger partial charge is 0.488 e. The zero-order valence-corrected chi connectivity index (χ0v) is 13.5. The van der Waals surface area contributed by atoms with Gasteiger partial charge in [-0.1, -0.05) is 18.0 Å². The minimum Gasteiger partial charge on any atom is -0.488 e. The number of nitrogens with one attached hydrogen (secondary N) is 1. The molecule has 1 saturated carbocycles. The molecule has 0 radical (unpaired) electrons. The van der Waals surface area contributed by atoms with E-state index in [4.69, 9.17) is 16.3 Å². The Morgan fingerprint density at radius 1 is 1.40 bits per heavy atom. The molecule has 3 rings (SSSR count). The van der Waals surface area contributed by atoms with Crippen LogP contribution in [0.15, 0.2) is 18.2 Å². The first kappa shape index (κ1) is 14.6. The molecule has 4 heteroatoms. The van der Waals surface area contributed by atoms with Crippen LogP contribution >= 0.6 is 23.4 Å². The summed E-state index contributed by atoms with van der Waals surface area (Å²) in [6.07, 6.45) is 8.80. The molecule has 1 aromatic rings. The molecular formula is C16H22ClNOS. The van der Waals surface area contributed by atoms with Gasteiger partial charge in [0.25, 0.3) is 0 Å². The highest BCUT2D eigenvalue weighted by Crippen LogP contribution is 2.31. The third-order valence-corrected chi connectivity index (χ3v) is 5.69. The summed E-state index contributed by atoms with van der Waals surface area (Å²) in [4.78, 5) is 0. The van der Waals surface area contributed by atoms with Crippen LogP contribution in [0.3, 0.4) is 0 Å². The smallest absolute Gasteiger partial charge is 0.123 e. The zero-order valence-electron chi connectivity index (χ0n) is 11.9. The number of halogens is 1. The van der Waals surface area contributed by atoms with Gasteiger partial charge >= 0.3 is 0 Å². The number of thioether (sulfide) groups is 1. The van der Waals surface area contributed by atoms with Crippen LogP contribution in [0.1, 0.15) is 31.2 Å². The second-order valence-corrected chi connectivity index (χ2v) is 7.40. The van der Waals surface area contributed by atoms with Gasteiger partial charge in [0.15, 0.2) is 0 Å². The van der Waals surface area contributed by atoms with Crippen LogP contribution in [0.5, 0.6) is 5.75 Å². The molecule has 0 spiro atoms. The predicted octanol–water partition coefficient (Wildman–Crippen LogP) is 3.91. The van der Waals surface area contributed by atoms with E-state index < -0.39 is 0 Å². The number of hydrogen-bond acceptors (Lipinski definition) is 3. The minimum absolute atomic E-state index is 0.262. The van der Waals surface area contributed by atoms with Crippen LogP contribution in [0, 0.1) is 0 Å². The molecule has 0 aromatic heterocycles. The van der Waals surface area contributed by atoms with E-state index in [1.165, 1.54) is 31.2 Å². The van der Waals surface area contributed by atoms with Crippen molar-refractivity contribution in [2.45, 2.75) is 49.5 Å². The molecular weight excluding hydrogens is 290 g/mol. The van der Waals surface area contributed by atoms with Gasteiger partial charge < -0.3 is 10.1 Å². The van der Waals surface area contributed by atoms with Crippen LogP contribution in [0.2, 0.25) is 5.02 Å². The lowest BCUT2D eigenvalue weighted by molar-refractivity contribution is 0.215. The first-order valence-electron chi connectivity index (χ1n) is 7.46. The van der Waals surface area contributed by atoms with Crippen LogP contribution < -0.4 is 10.1 Å². The Kier molecular flexibility index (Phi) is 4.79. The molecule has 20 heavy (non-hydrogen) atoms.